The van der Waals surface area contributed by atoms with Gasteiger partial charge in [0.05, 0.1) is 24.2 Å². The number of aryl methyl sites for hydroxylation is 1. The highest BCUT2D eigenvalue weighted by atomic mass is 17.2. The zero-order chi connectivity index (χ0) is 35.8. The molecule has 14 heteroatoms. The molecule has 6 unspecified atom stereocenters. The van der Waals surface area contributed by atoms with Gasteiger partial charge in [-0.15, -0.1) is 0 Å². The molecule has 6 atom stereocenters. The van der Waals surface area contributed by atoms with Crippen LogP contribution in [-0.4, -0.2) is 104 Å². The molecule has 0 saturated heterocycles. The maximum absolute atomic E-state index is 13.3. The number of phenolic OH excluding ortho intramolecular Hbond substituents is 1. The number of allylic oxidation sites excluding steroid dienone is 1. The van der Waals surface area contributed by atoms with Crippen LogP contribution in [0.2, 0.25) is 0 Å². The smallest absolute Gasteiger partial charge is 0.193 e. The summed E-state index contributed by atoms with van der Waals surface area (Å²) < 4.78 is 12.9. The third kappa shape index (κ3) is 6.93. The topological polar surface area (TPSA) is 215 Å². The summed E-state index contributed by atoms with van der Waals surface area (Å²) in [6.45, 7) is 2.25. The predicted octanol–water partition coefficient (Wildman–Crippen LogP) is 1.31. The second kappa shape index (κ2) is 14.2. The first-order valence-electron chi connectivity index (χ1n) is 16.4. The number of rotatable bonds is 14. The molecule has 0 saturated carbocycles. The van der Waals surface area contributed by atoms with Gasteiger partial charge in [0.15, 0.2) is 16.8 Å². The average Bonchev–Trinajstić information content (AvgIpc) is 3.70. The molecule has 0 bridgehead atoms. The van der Waals surface area contributed by atoms with Crippen LogP contribution >= 0.6 is 0 Å². The number of hydrogen-bond donors (Lipinski definition) is 7. The van der Waals surface area contributed by atoms with Crippen molar-refractivity contribution < 1.29 is 54.7 Å². The summed E-state index contributed by atoms with van der Waals surface area (Å²) in [5, 5.41) is 72.4. The normalized spacial score (nSPS) is 22.7. The summed E-state index contributed by atoms with van der Waals surface area (Å²) in [7, 11) is 0. The molecule has 3 aliphatic heterocycles. The summed E-state index contributed by atoms with van der Waals surface area (Å²) >= 11 is 0. The quantitative estimate of drug-likeness (QED) is 0.0938. The van der Waals surface area contributed by atoms with Gasteiger partial charge in [-0.25, -0.2) is 9.78 Å². The first kappa shape index (κ1) is 35.7. The maximum atomic E-state index is 13.3. The average molecular weight is 695 g/mol. The van der Waals surface area contributed by atoms with E-state index in [9.17, 15) is 40.5 Å². The molecule has 4 heterocycles. The zero-order valence-corrected chi connectivity index (χ0v) is 27.7. The van der Waals surface area contributed by atoms with Gasteiger partial charge in [-0.05, 0) is 56.5 Å². The van der Waals surface area contributed by atoms with Gasteiger partial charge < -0.3 is 49.8 Å². The molecular weight excluding hydrogens is 652 g/mol. The molecule has 3 aliphatic rings. The molecule has 2 aromatic carbocycles. The number of benzene rings is 2. The van der Waals surface area contributed by atoms with E-state index in [1.807, 2.05) is 17.2 Å². The Hall–Kier alpha value is -4.12. The number of aliphatic hydroxyl groups excluding tert-OH is 5. The minimum absolute atomic E-state index is 0.0217. The van der Waals surface area contributed by atoms with Gasteiger partial charge in [-0.1, -0.05) is 12.1 Å². The molecule has 0 fully saturated rings. The monoisotopic (exact) mass is 694 g/mol. The molecule has 0 aliphatic carbocycles. The van der Waals surface area contributed by atoms with Crippen molar-refractivity contribution in [2.24, 2.45) is 4.99 Å². The Labute approximate surface area is 287 Å². The standard InChI is InChI=1S/C36H42N2O12/c1-20-12-27(42)25-13-23-14-29(50-47-19-36(46,34(45)31(44)28(43)18-40)15-21-4-6-24(41)7-5-21)35(2,9-3-11-39)49-32(23)30(33(25)48-20)38-16-22-8-10-37-26(22)17-38/h4-8,10,12-13,17,28-29,31,34,39-41,43-46H,3,9,11,14-16,18-19H2,1-2H3. The largest absolute Gasteiger partial charge is 0.508 e. The molecule has 50 heavy (non-hydrogen) atoms. The van der Waals surface area contributed by atoms with E-state index in [1.165, 1.54) is 30.3 Å². The van der Waals surface area contributed by atoms with E-state index in [2.05, 4.69) is 4.99 Å². The van der Waals surface area contributed by atoms with Crippen molar-refractivity contribution in [2.75, 3.05) is 31.3 Å². The van der Waals surface area contributed by atoms with Crippen LogP contribution < -0.4 is 15.1 Å². The predicted molar refractivity (Wildman–Crippen MR) is 181 cm³/mol. The van der Waals surface area contributed by atoms with Crippen LogP contribution in [0.15, 0.2) is 74.1 Å². The van der Waals surface area contributed by atoms with Gasteiger partial charge in [-0.2, -0.15) is 0 Å². The molecule has 268 valence electrons. The van der Waals surface area contributed by atoms with Crippen LogP contribution in [0.5, 0.6) is 11.5 Å². The fourth-order valence-corrected chi connectivity index (χ4v) is 6.65. The van der Waals surface area contributed by atoms with Crippen LogP contribution in [0.25, 0.3) is 11.0 Å². The Balaban J connectivity index is 1.33. The SMILES string of the molecule is Cc1cc(=O)c2cc3c(c(N4C=C5N=CC=C5C4)c2o1)OC(C)(CCCO)C(OOCC(O)(Cc1ccc(O)cc1)C(O)C(O)C(O)CO)C3. The molecule has 7 N–H and O–H groups in total. The molecule has 1 aromatic heterocycles. The summed E-state index contributed by atoms with van der Waals surface area (Å²) in [5.74, 6) is 0.875. The minimum atomic E-state index is -2.25. The Bertz CT molecular complexity index is 1870. The van der Waals surface area contributed by atoms with Crippen molar-refractivity contribution in [3.63, 3.8) is 0 Å². The second-order valence-corrected chi connectivity index (χ2v) is 13.3. The van der Waals surface area contributed by atoms with Crippen molar-refractivity contribution in [1.29, 1.82) is 0 Å². The van der Waals surface area contributed by atoms with Crippen LogP contribution in [0.4, 0.5) is 5.69 Å². The molecule has 6 rings (SSSR count). The number of aromatic hydroxyl groups is 1. The lowest BCUT2D eigenvalue weighted by atomic mass is 9.85. The summed E-state index contributed by atoms with van der Waals surface area (Å²) in [6, 6.07) is 8.89. The maximum Gasteiger partial charge on any atom is 0.193 e. The Morgan fingerprint density at radius 2 is 1.92 bits per heavy atom. The van der Waals surface area contributed by atoms with Crippen molar-refractivity contribution in [3.05, 3.63) is 87.1 Å². The zero-order valence-electron chi connectivity index (χ0n) is 27.7. The van der Waals surface area contributed by atoms with E-state index < -0.39 is 48.8 Å². The van der Waals surface area contributed by atoms with E-state index >= 15 is 0 Å². The molecular formula is C36H42N2O12. The second-order valence-electron chi connectivity index (χ2n) is 13.3. The molecule has 0 radical (unpaired) electrons. The Kier molecular flexibility index (Phi) is 10.2. The molecule has 0 amide bonds. The fraction of sp³-hybridized carbons (Fsp3) is 0.444. The Morgan fingerprint density at radius 3 is 2.62 bits per heavy atom. The van der Waals surface area contributed by atoms with Crippen LogP contribution in [0.3, 0.4) is 0 Å². The number of aliphatic hydroxyl groups is 6. The van der Waals surface area contributed by atoms with Crippen LogP contribution in [0, 0.1) is 6.92 Å². The van der Waals surface area contributed by atoms with Gasteiger partial charge in [0.2, 0.25) is 0 Å². The lowest BCUT2D eigenvalue weighted by molar-refractivity contribution is -0.371. The number of aliphatic imine (C=N–C) groups is 1. The number of ether oxygens (including phenoxy) is 1. The summed E-state index contributed by atoms with van der Waals surface area (Å²) in [6.07, 6.45) is -0.540. The van der Waals surface area contributed by atoms with Gasteiger partial charge >= 0.3 is 0 Å². The van der Waals surface area contributed by atoms with Crippen molar-refractivity contribution in [3.8, 4) is 11.5 Å². The number of fused-ring (bicyclic) bond motifs is 3. The van der Waals surface area contributed by atoms with Gasteiger partial charge in [0.25, 0.3) is 0 Å². The number of hydrogen-bond acceptors (Lipinski definition) is 14. The molecule has 14 nitrogen and oxygen atoms in total. The van der Waals surface area contributed by atoms with E-state index in [-0.39, 0.29) is 30.6 Å². The third-order valence-corrected chi connectivity index (χ3v) is 9.52. The van der Waals surface area contributed by atoms with Crippen molar-refractivity contribution in [1.82, 2.24) is 0 Å². The Morgan fingerprint density at radius 1 is 1.16 bits per heavy atom. The highest BCUT2D eigenvalue weighted by Gasteiger charge is 2.47. The third-order valence-electron chi connectivity index (χ3n) is 9.52. The fourth-order valence-electron chi connectivity index (χ4n) is 6.65. The summed E-state index contributed by atoms with van der Waals surface area (Å²) in [4.78, 5) is 31.2. The van der Waals surface area contributed by atoms with Crippen LogP contribution in [0.1, 0.15) is 36.7 Å². The van der Waals surface area contributed by atoms with Crippen molar-refractivity contribution in [2.45, 2.75) is 75.1 Å². The summed E-state index contributed by atoms with van der Waals surface area (Å²) in [5.41, 5.74) is 0.154. The lowest BCUT2D eigenvalue weighted by Crippen LogP contribution is -2.58. The van der Waals surface area contributed by atoms with Crippen molar-refractivity contribution >= 4 is 22.9 Å². The van der Waals surface area contributed by atoms with Gasteiger partial charge in [0, 0.05) is 49.1 Å². The number of phenols is 1. The highest BCUT2D eigenvalue weighted by Crippen LogP contribution is 2.48. The molecule has 3 aromatic rings. The van der Waals surface area contributed by atoms with E-state index in [1.54, 1.807) is 26.1 Å². The van der Waals surface area contributed by atoms with Crippen LogP contribution in [-0.2, 0) is 22.6 Å². The highest BCUT2D eigenvalue weighted by molar-refractivity contribution is 5.96. The van der Waals surface area contributed by atoms with Gasteiger partial charge in [0.1, 0.15) is 59.4 Å². The van der Waals surface area contributed by atoms with E-state index in [0.29, 0.717) is 58.7 Å². The minimum Gasteiger partial charge on any atom is -0.508 e. The van der Waals surface area contributed by atoms with Gasteiger partial charge in [-0.3, -0.25) is 9.79 Å². The lowest BCUT2D eigenvalue weighted by Gasteiger charge is -2.43. The molecule has 0 spiro atoms. The van der Waals surface area contributed by atoms with E-state index in [4.69, 9.17) is 18.9 Å². The first-order chi connectivity index (χ1) is 23.9. The number of anilines is 1. The first-order valence-corrected chi connectivity index (χ1v) is 16.4. The number of nitrogens with zero attached hydrogens (tertiary/aromatic N) is 2. The van der Waals surface area contributed by atoms with E-state index in [0.717, 1.165) is 11.3 Å².